The molecule has 1 saturated carbocycles. The summed E-state index contributed by atoms with van der Waals surface area (Å²) in [4.78, 5) is 28.4. The molecule has 1 heterocycles. The van der Waals surface area contributed by atoms with Crippen LogP contribution >= 0.6 is 28.1 Å². The number of nitrogens with one attached hydrogen (secondary N) is 2. The number of benzene rings is 2. The number of carbonyl (C=O) groups excluding carboxylic acids is 1. The van der Waals surface area contributed by atoms with Crippen molar-refractivity contribution in [1.29, 1.82) is 0 Å². The van der Waals surface area contributed by atoms with Crippen molar-refractivity contribution in [3.63, 3.8) is 0 Å². The molecule has 2 aromatic carbocycles. The number of rotatable bonds is 4. The number of H-pyrrole nitrogens is 1. The lowest BCUT2D eigenvalue weighted by Crippen LogP contribution is -2.34. The first-order chi connectivity index (χ1) is 12.9. The van der Waals surface area contributed by atoms with Gasteiger partial charge in [-0.1, -0.05) is 28.1 Å². The maximum atomic E-state index is 12.8. The molecule has 0 unspecified atom stereocenters. The summed E-state index contributed by atoms with van der Waals surface area (Å²) in [6, 6.07) is 13.1. The van der Waals surface area contributed by atoms with Crippen molar-refractivity contribution in [2.24, 2.45) is 0 Å². The van der Waals surface area contributed by atoms with Gasteiger partial charge in [-0.2, -0.15) is 0 Å². The van der Waals surface area contributed by atoms with Gasteiger partial charge in [-0.3, -0.25) is 14.2 Å². The predicted octanol–water partition coefficient (Wildman–Crippen LogP) is 4.26. The van der Waals surface area contributed by atoms with E-state index >= 15 is 0 Å². The van der Waals surface area contributed by atoms with E-state index in [1.807, 2.05) is 31.2 Å². The highest BCUT2D eigenvalue weighted by molar-refractivity contribution is 9.10. The van der Waals surface area contributed by atoms with Gasteiger partial charge < -0.3 is 10.3 Å². The molecule has 7 heteroatoms. The number of halogens is 1. The van der Waals surface area contributed by atoms with Crippen LogP contribution in [-0.2, 0) is 12.1 Å². The third-order valence-corrected chi connectivity index (χ3v) is 5.91. The van der Waals surface area contributed by atoms with Crippen LogP contribution in [0.5, 0.6) is 0 Å². The fourth-order valence-corrected chi connectivity index (χ4v) is 3.94. The maximum absolute atomic E-state index is 12.8. The van der Waals surface area contributed by atoms with Crippen molar-refractivity contribution in [3.8, 4) is 0 Å². The topological polar surface area (TPSA) is 66.9 Å². The Balaban J connectivity index is 1.66. The van der Waals surface area contributed by atoms with Crippen LogP contribution in [0.4, 0.5) is 0 Å². The summed E-state index contributed by atoms with van der Waals surface area (Å²) >= 11 is 8.69. The van der Waals surface area contributed by atoms with E-state index < -0.39 is 0 Å². The molecular formula is C20H18BrN3O2S. The van der Waals surface area contributed by atoms with E-state index in [-0.39, 0.29) is 17.0 Å². The highest BCUT2D eigenvalue weighted by atomic mass is 79.9. The van der Waals surface area contributed by atoms with E-state index in [0.717, 1.165) is 22.9 Å². The minimum atomic E-state index is -0.300. The SMILES string of the molecule is CCn1c(=S)[nH]c2cc(C(=O)NC3(c4ccc(Br)cc4)CC3)ccc2c1=O. The van der Waals surface area contributed by atoms with Crippen LogP contribution in [0.15, 0.2) is 51.7 Å². The molecule has 0 radical (unpaired) electrons. The van der Waals surface area contributed by atoms with E-state index in [1.54, 1.807) is 18.2 Å². The summed E-state index contributed by atoms with van der Waals surface area (Å²) in [6.45, 7) is 2.37. The van der Waals surface area contributed by atoms with Crippen molar-refractivity contribution in [2.75, 3.05) is 0 Å². The van der Waals surface area contributed by atoms with E-state index in [1.165, 1.54) is 4.57 Å². The molecule has 1 aromatic heterocycles. The zero-order valence-corrected chi connectivity index (χ0v) is 17.1. The smallest absolute Gasteiger partial charge is 0.262 e. The number of hydrogen-bond acceptors (Lipinski definition) is 3. The van der Waals surface area contributed by atoms with E-state index in [2.05, 4.69) is 26.2 Å². The Bertz CT molecular complexity index is 1160. The van der Waals surface area contributed by atoms with Gasteiger partial charge in [0.2, 0.25) is 0 Å². The summed E-state index contributed by atoms with van der Waals surface area (Å²) in [7, 11) is 0. The summed E-state index contributed by atoms with van der Waals surface area (Å²) in [6.07, 6.45) is 1.83. The molecule has 0 bridgehead atoms. The Labute approximate surface area is 169 Å². The van der Waals surface area contributed by atoms with Gasteiger partial charge in [-0.05, 0) is 67.9 Å². The van der Waals surface area contributed by atoms with Crippen LogP contribution in [0.2, 0.25) is 0 Å². The lowest BCUT2D eigenvalue weighted by Gasteiger charge is -2.18. The van der Waals surface area contributed by atoms with E-state index in [4.69, 9.17) is 12.2 Å². The van der Waals surface area contributed by atoms with Gasteiger partial charge in [-0.15, -0.1) is 0 Å². The fourth-order valence-electron chi connectivity index (χ4n) is 3.35. The Morgan fingerprint density at radius 3 is 2.59 bits per heavy atom. The molecule has 0 aliphatic heterocycles. The molecule has 2 N–H and O–H groups in total. The summed E-state index contributed by atoms with van der Waals surface area (Å²) < 4.78 is 2.88. The molecule has 4 rings (SSSR count). The highest BCUT2D eigenvalue weighted by Crippen LogP contribution is 2.45. The quantitative estimate of drug-likeness (QED) is 0.591. The first-order valence-corrected chi connectivity index (χ1v) is 9.99. The Kier molecular flexibility index (Phi) is 4.52. The summed E-state index contributed by atoms with van der Waals surface area (Å²) in [5, 5.41) is 3.68. The van der Waals surface area contributed by atoms with Crippen LogP contribution in [0.3, 0.4) is 0 Å². The van der Waals surface area contributed by atoms with Crippen molar-refractivity contribution >= 4 is 45.0 Å². The van der Waals surface area contributed by atoms with Crippen molar-refractivity contribution in [2.45, 2.75) is 31.8 Å². The van der Waals surface area contributed by atoms with Crippen LogP contribution in [0, 0.1) is 4.77 Å². The van der Waals surface area contributed by atoms with Gasteiger partial charge in [0, 0.05) is 16.6 Å². The maximum Gasteiger partial charge on any atom is 0.262 e. The normalized spacial score (nSPS) is 14.9. The number of aromatic amines is 1. The molecule has 0 spiro atoms. The standard InChI is InChI=1S/C20H18BrN3O2S/c1-2-24-18(26)15-8-3-12(11-16(15)22-19(24)27)17(25)23-20(9-10-20)13-4-6-14(21)7-5-13/h3-8,11H,2,9-10H2,1H3,(H,22,27)(H,23,25). The minimum absolute atomic E-state index is 0.142. The van der Waals surface area contributed by atoms with Gasteiger partial charge in [0.1, 0.15) is 0 Å². The van der Waals surface area contributed by atoms with Gasteiger partial charge in [0.15, 0.2) is 4.77 Å². The second-order valence-electron chi connectivity index (χ2n) is 6.78. The number of aromatic nitrogens is 2. The second-order valence-corrected chi connectivity index (χ2v) is 8.09. The Hall–Kier alpha value is -2.25. The van der Waals surface area contributed by atoms with Gasteiger partial charge >= 0.3 is 0 Å². The van der Waals surface area contributed by atoms with Crippen LogP contribution in [0.1, 0.15) is 35.7 Å². The summed E-state index contributed by atoms with van der Waals surface area (Å²) in [5.74, 6) is -0.156. The molecule has 1 aliphatic carbocycles. The zero-order valence-electron chi connectivity index (χ0n) is 14.7. The third-order valence-electron chi connectivity index (χ3n) is 5.06. The molecule has 1 amide bonds. The number of nitrogens with zero attached hydrogens (tertiary/aromatic N) is 1. The van der Waals surface area contributed by atoms with Crippen LogP contribution < -0.4 is 10.9 Å². The molecular weight excluding hydrogens is 426 g/mol. The molecule has 1 fully saturated rings. The van der Waals surface area contributed by atoms with Gasteiger partial charge in [0.05, 0.1) is 16.4 Å². The third kappa shape index (κ3) is 3.26. The van der Waals surface area contributed by atoms with Crippen LogP contribution in [0.25, 0.3) is 10.9 Å². The lowest BCUT2D eigenvalue weighted by atomic mass is 10.0. The number of amides is 1. The zero-order chi connectivity index (χ0) is 19.2. The number of hydrogen-bond donors (Lipinski definition) is 2. The minimum Gasteiger partial charge on any atom is -0.343 e. The Morgan fingerprint density at radius 2 is 1.96 bits per heavy atom. The fraction of sp³-hybridized carbons (Fsp3) is 0.250. The van der Waals surface area contributed by atoms with E-state index in [9.17, 15) is 9.59 Å². The molecule has 0 atom stereocenters. The van der Waals surface area contributed by atoms with E-state index in [0.29, 0.717) is 27.8 Å². The van der Waals surface area contributed by atoms with Crippen molar-refractivity contribution in [3.05, 3.63) is 73.2 Å². The van der Waals surface area contributed by atoms with Gasteiger partial charge in [0.25, 0.3) is 11.5 Å². The Morgan fingerprint density at radius 1 is 1.26 bits per heavy atom. The predicted molar refractivity (Wildman–Crippen MR) is 112 cm³/mol. The van der Waals surface area contributed by atoms with Gasteiger partial charge in [-0.25, -0.2) is 0 Å². The monoisotopic (exact) mass is 443 g/mol. The highest BCUT2D eigenvalue weighted by Gasteiger charge is 2.45. The molecule has 3 aromatic rings. The first-order valence-electron chi connectivity index (χ1n) is 8.79. The number of carbonyl (C=O) groups is 1. The average Bonchev–Trinajstić information content (AvgIpc) is 3.42. The molecule has 5 nitrogen and oxygen atoms in total. The summed E-state index contributed by atoms with van der Waals surface area (Å²) in [5.41, 5.74) is 1.74. The van der Waals surface area contributed by atoms with Crippen LogP contribution in [-0.4, -0.2) is 15.5 Å². The average molecular weight is 444 g/mol. The molecule has 27 heavy (non-hydrogen) atoms. The molecule has 1 aliphatic rings. The lowest BCUT2D eigenvalue weighted by molar-refractivity contribution is 0.0931. The molecule has 138 valence electrons. The second kappa shape index (κ2) is 6.73. The van der Waals surface area contributed by atoms with Crippen molar-refractivity contribution in [1.82, 2.24) is 14.9 Å². The van der Waals surface area contributed by atoms with Crippen molar-refractivity contribution < 1.29 is 4.79 Å². The number of fused-ring (bicyclic) bond motifs is 1. The largest absolute Gasteiger partial charge is 0.343 e. The first kappa shape index (κ1) is 18.1. The molecule has 0 saturated heterocycles.